The molecule has 0 atom stereocenters. The summed E-state index contributed by atoms with van der Waals surface area (Å²) < 4.78 is 44.1. The number of aldehydes is 1. The zero-order valence-corrected chi connectivity index (χ0v) is 12.8. The van der Waals surface area contributed by atoms with Gasteiger partial charge in [0.05, 0.1) is 10.4 Å². The molecule has 0 aliphatic heterocycles. The topological polar surface area (TPSA) is 74.0 Å². The monoisotopic (exact) mass is 355 g/mol. The van der Waals surface area contributed by atoms with Crippen LogP contribution in [0.25, 0.3) is 15.8 Å². The van der Waals surface area contributed by atoms with E-state index in [4.69, 9.17) is 0 Å². The summed E-state index contributed by atoms with van der Waals surface area (Å²) in [7, 11) is 0.924. The SMILES string of the molecule is Cn1c(C(F)(F)F)cc(=O)n(-c2cccc3snc(C=O)c23)c1=O. The maximum atomic E-state index is 12.9. The largest absolute Gasteiger partial charge is 0.431 e. The number of carbonyl (C=O) groups is 1. The van der Waals surface area contributed by atoms with Crippen LogP contribution in [0.5, 0.6) is 0 Å². The quantitative estimate of drug-likeness (QED) is 0.659. The van der Waals surface area contributed by atoms with E-state index in [1.807, 2.05) is 0 Å². The van der Waals surface area contributed by atoms with Crippen molar-refractivity contribution >= 4 is 27.9 Å². The van der Waals surface area contributed by atoms with Crippen LogP contribution >= 0.6 is 11.5 Å². The van der Waals surface area contributed by atoms with Gasteiger partial charge >= 0.3 is 11.9 Å². The van der Waals surface area contributed by atoms with Crippen LogP contribution in [0, 0.1) is 0 Å². The molecule has 124 valence electrons. The van der Waals surface area contributed by atoms with Crippen LogP contribution < -0.4 is 11.2 Å². The number of nitrogens with zero attached hydrogens (tertiary/aromatic N) is 3. The lowest BCUT2D eigenvalue weighted by molar-refractivity contribution is -0.144. The van der Waals surface area contributed by atoms with Gasteiger partial charge in [-0.15, -0.1) is 0 Å². The third-order valence-electron chi connectivity index (χ3n) is 3.47. The van der Waals surface area contributed by atoms with Crippen molar-refractivity contribution in [2.45, 2.75) is 6.18 Å². The number of hydrogen-bond donors (Lipinski definition) is 0. The van der Waals surface area contributed by atoms with E-state index in [-0.39, 0.29) is 16.8 Å². The van der Waals surface area contributed by atoms with Crippen molar-refractivity contribution in [1.82, 2.24) is 13.5 Å². The van der Waals surface area contributed by atoms with Crippen LogP contribution in [0.15, 0.2) is 33.9 Å². The van der Waals surface area contributed by atoms with Gasteiger partial charge in [0.25, 0.3) is 5.56 Å². The van der Waals surface area contributed by atoms with Crippen molar-refractivity contribution in [2.75, 3.05) is 0 Å². The molecule has 0 bridgehead atoms. The molecule has 2 heterocycles. The van der Waals surface area contributed by atoms with Crippen LogP contribution in [-0.4, -0.2) is 19.8 Å². The van der Waals surface area contributed by atoms with Gasteiger partial charge in [0.2, 0.25) is 0 Å². The Bertz CT molecular complexity index is 1080. The van der Waals surface area contributed by atoms with Gasteiger partial charge in [-0.3, -0.25) is 14.2 Å². The highest BCUT2D eigenvalue weighted by Gasteiger charge is 2.35. The summed E-state index contributed by atoms with van der Waals surface area (Å²) in [4.78, 5) is 35.6. The first-order chi connectivity index (χ1) is 11.3. The fraction of sp³-hybridized carbons (Fsp3) is 0.143. The molecule has 0 amide bonds. The Morgan fingerprint density at radius 1 is 1.25 bits per heavy atom. The second kappa shape index (κ2) is 5.41. The lowest BCUT2D eigenvalue weighted by Crippen LogP contribution is -2.40. The van der Waals surface area contributed by atoms with Crippen LogP contribution in [0.3, 0.4) is 0 Å². The molecule has 2 aromatic heterocycles. The normalized spacial score (nSPS) is 11.8. The third kappa shape index (κ3) is 2.35. The summed E-state index contributed by atoms with van der Waals surface area (Å²) in [5, 5.41) is 0.247. The molecule has 6 nitrogen and oxygen atoms in total. The maximum Gasteiger partial charge on any atom is 0.431 e. The molecular weight excluding hydrogens is 347 g/mol. The minimum Gasteiger partial charge on any atom is -0.296 e. The first kappa shape index (κ1) is 16.1. The number of aromatic nitrogens is 3. The smallest absolute Gasteiger partial charge is 0.296 e. The zero-order valence-electron chi connectivity index (χ0n) is 12.0. The minimum absolute atomic E-state index is 0.0134. The molecule has 0 N–H and O–H groups in total. The number of hydrogen-bond acceptors (Lipinski definition) is 5. The second-order valence-electron chi connectivity index (χ2n) is 4.88. The Hall–Kier alpha value is -2.75. The van der Waals surface area contributed by atoms with Gasteiger partial charge in [-0.05, 0) is 23.7 Å². The van der Waals surface area contributed by atoms with Crippen molar-refractivity contribution in [1.29, 1.82) is 0 Å². The van der Waals surface area contributed by atoms with Crippen molar-refractivity contribution in [2.24, 2.45) is 7.05 Å². The molecule has 0 aliphatic rings. The third-order valence-corrected chi connectivity index (χ3v) is 4.29. The first-order valence-corrected chi connectivity index (χ1v) is 7.27. The van der Waals surface area contributed by atoms with Gasteiger partial charge in [-0.25, -0.2) is 9.36 Å². The highest BCUT2D eigenvalue weighted by atomic mass is 32.1. The predicted molar refractivity (Wildman–Crippen MR) is 80.8 cm³/mol. The molecule has 0 saturated carbocycles. The molecule has 0 radical (unpaired) electrons. The molecule has 0 unspecified atom stereocenters. The molecule has 3 aromatic rings. The molecule has 24 heavy (non-hydrogen) atoms. The van der Waals surface area contributed by atoms with Crippen molar-refractivity contribution in [3.05, 3.63) is 56.5 Å². The summed E-state index contributed by atoms with van der Waals surface area (Å²) in [6.45, 7) is 0. The van der Waals surface area contributed by atoms with Gasteiger partial charge in [-0.1, -0.05) is 6.07 Å². The molecule has 10 heteroatoms. The standard InChI is InChI=1S/C14H8F3N3O3S/c1-19-10(14(15,16)17)5-11(22)20(13(19)23)8-3-2-4-9-12(8)7(6-21)18-24-9/h2-6H,1H3. The number of benzene rings is 1. The average molecular weight is 355 g/mol. The second-order valence-corrected chi connectivity index (χ2v) is 5.68. The van der Waals surface area contributed by atoms with E-state index in [0.717, 1.165) is 18.6 Å². The predicted octanol–water partition coefficient (Wildman–Crippen LogP) is 1.98. The fourth-order valence-corrected chi connectivity index (χ4v) is 3.15. The van der Waals surface area contributed by atoms with Crippen LogP contribution in [-0.2, 0) is 13.2 Å². The van der Waals surface area contributed by atoms with E-state index in [0.29, 0.717) is 26.2 Å². The van der Waals surface area contributed by atoms with Crippen LogP contribution in [0.4, 0.5) is 13.2 Å². The lowest BCUT2D eigenvalue weighted by Gasteiger charge is -2.14. The molecule has 3 rings (SSSR count). The summed E-state index contributed by atoms with van der Waals surface area (Å²) in [5.74, 6) is 0. The van der Waals surface area contributed by atoms with Crippen molar-refractivity contribution < 1.29 is 18.0 Å². The van der Waals surface area contributed by atoms with Crippen LogP contribution in [0.1, 0.15) is 16.2 Å². The molecular formula is C14H8F3N3O3S. The number of carbonyl (C=O) groups excluding carboxylic acids is 1. The zero-order chi connectivity index (χ0) is 17.6. The van der Waals surface area contributed by atoms with Gasteiger partial charge < -0.3 is 0 Å². The fourth-order valence-electron chi connectivity index (χ4n) is 2.38. The summed E-state index contributed by atoms with van der Waals surface area (Å²) in [6.07, 6.45) is -4.38. The van der Waals surface area contributed by atoms with Gasteiger partial charge in [0, 0.05) is 18.5 Å². The summed E-state index contributed by atoms with van der Waals surface area (Å²) >= 11 is 0.985. The number of rotatable bonds is 2. The van der Waals surface area contributed by atoms with E-state index < -0.39 is 23.1 Å². The minimum atomic E-state index is -4.84. The molecule has 1 aromatic carbocycles. The Morgan fingerprint density at radius 3 is 2.58 bits per heavy atom. The summed E-state index contributed by atoms with van der Waals surface area (Å²) in [6, 6.07) is 4.87. The van der Waals surface area contributed by atoms with Crippen molar-refractivity contribution in [3.8, 4) is 5.69 Å². The Balaban J connectivity index is 2.43. The molecule has 0 spiro atoms. The van der Waals surface area contributed by atoms with E-state index in [9.17, 15) is 27.6 Å². The van der Waals surface area contributed by atoms with E-state index in [1.54, 1.807) is 6.07 Å². The molecule has 0 aliphatic carbocycles. The molecule has 0 fully saturated rings. The highest BCUT2D eigenvalue weighted by Crippen LogP contribution is 2.29. The Kier molecular flexibility index (Phi) is 3.63. The molecule has 0 saturated heterocycles. The highest BCUT2D eigenvalue weighted by molar-refractivity contribution is 7.13. The number of alkyl halides is 3. The van der Waals surface area contributed by atoms with E-state index in [2.05, 4.69) is 4.37 Å². The van der Waals surface area contributed by atoms with Crippen LogP contribution in [0.2, 0.25) is 0 Å². The lowest BCUT2D eigenvalue weighted by atomic mass is 10.2. The van der Waals surface area contributed by atoms with Gasteiger partial charge in [0.15, 0.2) is 6.29 Å². The van der Waals surface area contributed by atoms with Gasteiger partial charge in [-0.2, -0.15) is 17.5 Å². The Morgan fingerprint density at radius 2 is 1.96 bits per heavy atom. The first-order valence-electron chi connectivity index (χ1n) is 6.50. The average Bonchev–Trinajstić information content (AvgIpc) is 2.94. The maximum absolute atomic E-state index is 12.9. The van der Waals surface area contributed by atoms with Gasteiger partial charge in [0.1, 0.15) is 11.4 Å². The Labute approximate surface area is 135 Å². The summed E-state index contributed by atoms with van der Waals surface area (Å²) in [5.41, 5.74) is -3.62. The van der Waals surface area contributed by atoms with E-state index in [1.165, 1.54) is 12.1 Å². The van der Waals surface area contributed by atoms with E-state index >= 15 is 0 Å². The number of fused-ring (bicyclic) bond motifs is 1. The van der Waals surface area contributed by atoms with Crippen molar-refractivity contribution in [3.63, 3.8) is 0 Å². The number of halogens is 3.